The summed E-state index contributed by atoms with van der Waals surface area (Å²) in [5, 5.41) is 9.64. The minimum atomic E-state index is -4.00. The summed E-state index contributed by atoms with van der Waals surface area (Å²) in [4.78, 5) is 3.89. The van der Waals surface area contributed by atoms with Crippen LogP contribution in [0.3, 0.4) is 0 Å². The summed E-state index contributed by atoms with van der Waals surface area (Å²) in [6, 6.07) is 16.5. The minimum absolute atomic E-state index is 0.000228. The number of hydrogen-bond acceptors (Lipinski definition) is 6. The standard InChI is InChI=1S/C21H16N4O4S2/c1-30(26,27)24-17-8-9-19-20(16-6-4-15(12-22)5-7-16)14-25(21(19)11-17)31(28,29)18-3-2-10-23-13-18/h2-11,13-14,24H,1H3. The third-order valence-corrected chi connectivity index (χ3v) is 6.85. The molecule has 0 spiro atoms. The Morgan fingerprint density at radius 2 is 1.77 bits per heavy atom. The van der Waals surface area contributed by atoms with E-state index in [0.29, 0.717) is 27.6 Å². The van der Waals surface area contributed by atoms with Crippen molar-refractivity contribution in [1.29, 1.82) is 5.26 Å². The summed E-state index contributed by atoms with van der Waals surface area (Å²) in [6.07, 6.45) is 5.23. The SMILES string of the molecule is CS(=O)(=O)Nc1ccc2c(-c3ccc(C#N)cc3)cn(S(=O)(=O)c3cccnc3)c2c1. The number of nitrogens with zero attached hydrogens (tertiary/aromatic N) is 3. The first kappa shape index (κ1) is 20.6. The summed E-state index contributed by atoms with van der Waals surface area (Å²) in [5.41, 5.74) is 2.36. The molecule has 0 bridgehead atoms. The Bertz CT molecular complexity index is 1530. The molecule has 0 aliphatic rings. The molecule has 0 saturated carbocycles. The Morgan fingerprint density at radius 3 is 2.39 bits per heavy atom. The highest BCUT2D eigenvalue weighted by Crippen LogP contribution is 2.34. The van der Waals surface area contributed by atoms with Crippen LogP contribution in [-0.4, -0.2) is 32.0 Å². The predicted octanol–water partition coefficient (Wildman–Crippen LogP) is 3.18. The second-order valence-corrected chi connectivity index (χ2v) is 10.4. The molecule has 0 amide bonds. The second-order valence-electron chi connectivity index (χ2n) is 6.83. The largest absolute Gasteiger partial charge is 0.284 e. The molecule has 2 aromatic heterocycles. The number of nitriles is 1. The van der Waals surface area contributed by atoms with Crippen molar-refractivity contribution in [2.75, 3.05) is 11.0 Å². The first-order chi connectivity index (χ1) is 14.7. The van der Waals surface area contributed by atoms with Gasteiger partial charge in [0.2, 0.25) is 10.0 Å². The van der Waals surface area contributed by atoms with Gasteiger partial charge < -0.3 is 0 Å². The highest BCUT2D eigenvalue weighted by molar-refractivity contribution is 7.92. The van der Waals surface area contributed by atoms with Crippen molar-refractivity contribution < 1.29 is 16.8 Å². The lowest BCUT2D eigenvalue weighted by Gasteiger charge is -2.09. The quantitative estimate of drug-likeness (QED) is 0.496. The number of sulfonamides is 1. The Balaban J connectivity index is 1.99. The summed E-state index contributed by atoms with van der Waals surface area (Å²) < 4.78 is 53.5. The highest BCUT2D eigenvalue weighted by Gasteiger charge is 2.22. The zero-order valence-electron chi connectivity index (χ0n) is 16.2. The van der Waals surface area contributed by atoms with Gasteiger partial charge in [-0.3, -0.25) is 9.71 Å². The van der Waals surface area contributed by atoms with Crippen LogP contribution >= 0.6 is 0 Å². The topological polar surface area (TPSA) is 122 Å². The molecular formula is C21H16N4O4S2. The molecular weight excluding hydrogens is 436 g/mol. The number of nitrogens with one attached hydrogen (secondary N) is 1. The molecule has 8 nitrogen and oxygen atoms in total. The van der Waals surface area contributed by atoms with Crippen LogP contribution in [-0.2, 0) is 20.0 Å². The van der Waals surface area contributed by atoms with Crippen molar-refractivity contribution >= 4 is 36.6 Å². The van der Waals surface area contributed by atoms with Gasteiger partial charge in [0.05, 0.1) is 29.1 Å². The van der Waals surface area contributed by atoms with E-state index in [0.717, 1.165) is 10.2 Å². The molecule has 0 aliphatic carbocycles. The Kier molecular flexibility index (Phi) is 5.00. The smallest absolute Gasteiger partial charge is 0.269 e. The molecule has 156 valence electrons. The summed E-state index contributed by atoms with van der Waals surface area (Å²) in [7, 11) is -7.55. The Hall–Kier alpha value is -3.68. The van der Waals surface area contributed by atoms with Crippen molar-refractivity contribution in [2.45, 2.75) is 4.90 Å². The fraction of sp³-hybridized carbons (Fsp3) is 0.0476. The third kappa shape index (κ3) is 4.01. The third-order valence-electron chi connectivity index (χ3n) is 4.59. The molecule has 0 fully saturated rings. The van der Waals surface area contributed by atoms with Crippen LogP contribution in [0.25, 0.3) is 22.0 Å². The number of pyridine rings is 1. The van der Waals surface area contributed by atoms with Gasteiger partial charge >= 0.3 is 0 Å². The minimum Gasteiger partial charge on any atom is -0.284 e. The van der Waals surface area contributed by atoms with Crippen LogP contribution in [0.5, 0.6) is 0 Å². The first-order valence-corrected chi connectivity index (χ1v) is 12.3. The van der Waals surface area contributed by atoms with Crippen molar-refractivity contribution in [3.63, 3.8) is 0 Å². The number of benzene rings is 2. The maximum absolute atomic E-state index is 13.3. The molecule has 0 atom stereocenters. The predicted molar refractivity (Wildman–Crippen MR) is 117 cm³/mol. The lowest BCUT2D eigenvalue weighted by atomic mass is 10.0. The first-order valence-electron chi connectivity index (χ1n) is 8.98. The molecule has 2 aromatic carbocycles. The van der Waals surface area contributed by atoms with Crippen LogP contribution in [0, 0.1) is 11.3 Å². The van der Waals surface area contributed by atoms with Crippen molar-refractivity contribution in [1.82, 2.24) is 8.96 Å². The van der Waals surface area contributed by atoms with Gasteiger partial charge in [-0.2, -0.15) is 5.26 Å². The molecule has 0 aliphatic heterocycles. The summed E-state index contributed by atoms with van der Waals surface area (Å²) in [6.45, 7) is 0. The molecule has 4 aromatic rings. The lowest BCUT2D eigenvalue weighted by Crippen LogP contribution is -2.13. The molecule has 4 rings (SSSR count). The van der Waals surface area contributed by atoms with Crippen molar-refractivity contribution in [3.8, 4) is 17.2 Å². The van der Waals surface area contributed by atoms with Gasteiger partial charge in [0.1, 0.15) is 4.90 Å². The van der Waals surface area contributed by atoms with Crippen LogP contribution in [0.1, 0.15) is 5.56 Å². The van der Waals surface area contributed by atoms with E-state index < -0.39 is 20.0 Å². The maximum Gasteiger partial charge on any atom is 0.269 e. The van der Waals surface area contributed by atoms with Gasteiger partial charge in [-0.15, -0.1) is 0 Å². The molecule has 10 heteroatoms. The molecule has 0 radical (unpaired) electrons. The number of rotatable bonds is 5. The average Bonchev–Trinajstić information content (AvgIpc) is 3.13. The van der Waals surface area contributed by atoms with Crippen LogP contribution in [0.4, 0.5) is 5.69 Å². The summed E-state index contributed by atoms with van der Waals surface area (Å²) in [5.74, 6) is 0. The number of fused-ring (bicyclic) bond motifs is 1. The van der Waals surface area contributed by atoms with Gasteiger partial charge in [0, 0.05) is 29.5 Å². The van der Waals surface area contributed by atoms with E-state index in [9.17, 15) is 16.8 Å². The Labute approximate surface area is 179 Å². The van der Waals surface area contributed by atoms with Gasteiger partial charge in [0.25, 0.3) is 10.0 Å². The van der Waals surface area contributed by atoms with Crippen molar-refractivity contribution in [2.24, 2.45) is 0 Å². The zero-order chi connectivity index (χ0) is 22.2. The monoisotopic (exact) mass is 452 g/mol. The molecule has 2 heterocycles. The number of anilines is 1. The molecule has 31 heavy (non-hydrogen) atoms. The second kappa shape index (κ2) is 7.54. The fourth-order valence-corrected chi connectivity index (χ4v) is 5.12. The van der Waals surface area contributed by atoms with E-state index >= 15 is 0 Å². The molecule has 1 N–H and O–H groups in total. The number of hydrogen-bond donors (Lipinski definition) is 1. The zero-order valence-corrected chi connectivity index (χ0v) is 17.9. The summed E-state index contributed by atoms with van der Waals surface area (Å²) >= 11 is 0. The molecule has 0 saturated heterocycles. The number of aromatic nitrogens is 2. The van der Waals surface area contributed by atoms with Gasteiger partial charge in [-0.05, 0) is 42.0 Å². The average molecular weight is 453 g/mol. The van der Waals surface area contributed by atoms with Gasteiger partial charge in [0.15, 0.2) is 0 Å². The van der Waals surface area contributed by atoms with E-state index in [4.69, 9.17) is 5.26 Å². The van der Waals surface area contributed by atoms with E-state index in [1.54, 1.807) is 36.4 Å². The van der Waals surface area contributed by atoms with Crippen LogP contribution in [0.2, 0.25) is 0 Å². The van der Waals surface area contributed by atoms with E-state index in [1.165, 1.54) is 36.8 Å². The van der Waals surface area contributed by atoms with E-state index in [2.05, 4.69) is 9.71 Å². The van der Waals surface area contributed by atoms with Gasteiger partial charge in [-0.1, -0.05) is 18.2 Å². The Morgan fingerprint density at radius 1 is 1.03 bits per heavy atom. The van der Waals surface area contributed by atoms with Crippen molar-refractivity contribution in [3.05, 3.63) is 78.8 Å². The molecule has 0 unspecified atom stereocenters. The van der Waals surface area contributed by atoms with Gasteiger partial charge in [-0.25, -0.2) is 20.8 Å². The van der Waals surface area contributed by atoms with E-state index in [-0.39, 0.29) is 10.6 Å². The van der Waals surface area contributed by atoms with Crippen LogP contribution in [0.15, 0.2) is 78.1 Å². The van der Waals surface area contributed by atoms with E-state index in [1.807, 2.05) is 6.07 Å². The van der Waals surface area contributed by atoms with Crippen LogP contribution < -0.4 is 4.72 Å². The highest BCUT2D eigenvalue weighted by atomic mass is 32.2. The fourth-order valence-electron chi connectivity index (χ4n) is 3.24. The maximum atomic E-state index is 13.3. The lowest BCUT2D eigenvalue weighted by molar-refractivity contribution is 0.588. The normalized spacial score (nSPS) is 11.9.